The molecule has 5 rings (SSSR count). The van der Waals surface area contributed by atoms with Gasteiger partial charge in [-0.1, -0.05) is 91.0 Å². The number of hydrogen-bond donors (Lipinski definition) is 1. The van der Waals surface area contributed by atoms with Crippen LogP contribution in [0.15, 0.2) is 115 Å². The number of ether oxygens (including phenoxy) is 1. The molecule has 1 saturated heterocycles. The molecule has 6 heteroatoms. The first-order chi connectivity index (χ1) is 19.1. The second-order valence-electron chi connectivity index (χ2n) is 9.66. The van der Waals surface area contributed by atoms with Crippen LogP contribution in [0.25, 0.3) is 0 Å². The number of anilines is 1. The number of piperazine rings is 1. The fourth-order valence-electron chi connectivity index (χ4n) is 5.01. The lowest BCUT2D eigenvalue weighted by Gasteiger charge is -2.40. The summed E-state index contributed by atoms with van der Waals surface area (Å²) in [4.78, 5) is 30.8. The molecule has 1 atom stereocenters. The highest BCUT2D eigenvalue weighted by atomic mass is 16.5. The number of hydrogen-bond acceptors (Lipinski definition) is 4. The minimum atomic E-state index is -0.716. The first kappa shape index (κ1) is 26.2. The van der Waals surface area contributed by atoms with Gasteiger partial charge in [0.05, 0.1) is 17.3 Å². The Kier molecular flexibility index (Phi) is 8.34. The molecule has 39 heavy (non-hydrogen) atoms. The maximum absolute atomic E-state index is 13.6. The molecule has 0 saturated carbocycles. The second-order valence-corrected chi connectivity index (χ2v) is 9.66. The average Bonchev–Trinajstić information content (AvgIpc) is 2.99. The van der Waals surface area contributed by atoms with E-state index in [0.717, 1.165) is 13.1 Å². The van der Waals surface area contributed by atoms with Crippen LogP contribution in [0.5, 0.6) is 5.75 Å². The summed E-state index contributed by atoms with van der Waals surface area (Å²) in [5.74, 6) is 0.224. The topological polar surface area (TPSA) is 61.9 Å². The summed E-state index contributed by atoms with van der Waals surface area (Å²) in [7, 11) is 0. The smallest absolute Gasteiger partial charge is 0.265 e. The number of carbonyl (C=O) groups is 2. The zero-order chi connectivity index (χ0) is 27.0. The molecule has 0 aliphatic carbocycles. The van der Waals surface area contributed by atoms with Gasteiger partial charge in [0, 0.05) is 26.2 Å². The molecule has 4 aromatic rings. The van der Waals surface area contributed by atoms with Crippen molar-refractivity contribution in [2.75, 3.05) is 31.5 Å². The number of rotatable bonds is 8. The van der Waals surface area contributed by atoms with Crippen molar-refractivity contribution in [2.24, 2.45) is 0 Å². The molecule has 1 heterocycles. The van der Waals surface area contributed by atoms with Crippen LogP contribution in [-0.4, -0.2) is 53.9 Å². The normalized spacial score (nSPS) is 14.6. The molecule has 0 radical (unpaired) electrons. The SMILES string of the molecule is CC(Oc1ccccc1)C(=O)Nc1ccccc1C(=O)N1CCN(C(c2ccccc2)c2ccccc2)CC1. The minimum Gasteiger partial charge on any atom is -0.481 e. The van der Waals surface area contributed by atoms with Gasteiger partial charge in [0.25, 0.3) is 11.8 Å². The van der Waals surface area contributed by atoms with Crippen molar-refractivity contribution in [3.63, 3.8) is 0 Å². The van der Waals surface area contributed by atoms with Gasteiger partial charge in [0.2, 0.25) is 0 Å². The Morgan fingerprint density at radius 1 is 0.692 bits per heavy atom. The highest BCUT2D eigenvalue weighted by molar-refractivity contribution is 6.04. The van der Waals surface area contributed by atoms with Crippen LogP contribution < -0.4 is 10.1 Å². The lowest BCUT2D eigenvalue weighted by molar-refractivity contribution is -0.122. The number of benzene rings is 4. The summed E-state index contributed by atoms with van der Waals surface area (Å²) in [6, 6.07) is 37.5. The van der Waals surface area contributed by atoms with E-state index in [2.05, 4.69) is 58.7 Å². The van der Waals surface area contributed by atoms with Gasteiger partial charge < -0.3 is 15.0 Å². The van der Waals surface area contributed by atoms with Crippen molar-refractivity contribution in [2.45, 2.75) is 19.1 Å². The van der Waals surface area contributed by atoms with Crippen LogP contribution in [-0.2, 0) is 4.79 Å². The molecule has 6 nitrogen and oxygen atoms in total. The molecule has 1 fully saturated rings. The van der Waals surface area contributed by atoms with E-state index < -0.39 is 6.10 Å². The fraction of sp³-hybridized carbons (Fsp3) is 0.212. The Bertz CT molecular complexity index is 1330. The number of carbonyl (C=O) groups excluding carboxylic acids is 2. The van der Waals surface area contributed by atoms with E-state index in [1.165, 1.54) is 11.1 Å². The first-order valence-corrected chi connectivity index (χ1v) is 13.3. The maximum Gasteiger partial charge on any atom is 0.265 e. The van der Waals surface area contributed by atoms with E-state index in [9.17, 15) is 9.59 Å². The van der Waals surface area contributed by atoms with E-state index >= 15 is 0 Å². The highest BCUT2D eigenvalue weighted by Gasteiger charge is 2.29. The summed E-state index contributed by atoms with van der Waals surface area (Å²) in [5.41, 5.74) is 3.45. The van der Waals surface area contributed by atoms with E-state index in [1.54, 1.807) is 31.2 Å². The zero-order valence-electron chi connectivity index (χ0n) is 22.1. The summed E-state index contributed by atoms with van der Waals surface area (Å²) in [6.07, 6.45) is -0.716. The average molecular weight is 520 g/mol. The van der Waals surface area contributed by atoms with Gasteiger partial charge in [-0.3, -0.25) is 14.5 Å². The van der Waals surface area contributed by atoms with Gasteiger partial charge in [-0.15, -0.1) is 0 Å². The molecule has 0 bridgehead atoms. The van der Waals surface area contributed by atoms with E-state index in [4.69, 9.17) is 4.74 Å². The van der Waals surface area contributed by atoms with Gasteiger partial charge in [0.15, 0.2) is 6.10 Å². The fourth-order valence-corrected chi connectivity index (χ4v) is 5.01. The highest BCUT2D eigenvalue weighted by Crippen LogP contribution is 2.30. The second kappa shape index (κ2) is 12.4. The Labute approximate surface area is 229 Å². The molecule has 4 aromatic carbocycles. The van der Waals surface area contributed by atoms with Crippen molar-refractivity contribution in [1.82, 2.24) is 9.80 Å². The molecule has 1 aliphatic heterocycles. The third-order valence-corrected chi connectivity index (χ3v) is 7.04. The molecule has 198 valence electrons. The maximum atomic E-state index is 13.6. The van der Waals surface area contributed by atoms with Crippen molar-refractivity contribution < 1.29 is 14.3 Å². The quantitative estimate of drug-likeness (QED) is 0.327. The summed E-state index contributed by atoms with van der Waals surface area (Å²) < 4.78 is 5.76. The number of nitrogens with zero attached hydrogens (tertiary/aromatic N) is 2. The van der Waals surface area contributed by atoms with Crippen LogP contribution in [0, 0.1) is 0 Å². The molecular weight excluding hydrogens is 486 g/mol. The Morgan fingerprint density at radius 2 is 1.21 bits per heavy atom. The Morgan fingerprint density at radius 3 is 1.79 bits per heavy atom. The van der Waals surface area contributed by atoms with Crippen molar-refractivity contribution in [1.29, 1.82) is 0 Å². The van der Waals surface area contributed by atoms with Crippen molar-refractivity contribution >= 4 is 17.5 Å². The predicted molar refractivity (Wildman–Crippen MR) is 154 cm³/mol. The number of amides is 2. The van der Waals surface area contributed by atoms with Crippen molar-refractivity contribution in [3.8, 4) is 5.75 Å². The monoisotopic (exact) mass is 519 g/mol. The number of nitrogens with one attached hydrogen (secondary N) is 1. The van der Waals surface area contributed by atoms with Crippen LogP contribution >= 0.6 is 0 Å². The zero-order valence-corrected chi connectivity index (χ0v) is 22.1. The molecule has 0 spiro atoms. The van der Waals surface area contributed by atoms with Gasteiger partial charge in [-0.2, -0.15) is 0 Å². The molecule has 1 aliphatic rings. The van der Waals surface area contributed by atoms with E-state index in [0.29, 0.717) is 30.1 Å². The van der Waals surface area contributed by atoms with Gasteiger partial charge in [-0.05, 0) is 42.3 Å². The van der Waals surface area contributed by atoms with Gasteiger partial charge >= 0.3 is 0 Å². The van der Waals surface area contributed by atoms with Gasteiger partial charge in [0.1, 0.15) is 5.75 Å². The third kappa shape index (κ3) is 6.36. The largest absolute Gasteiger partial charge is 0.481 e. The molecule has 1 N–H and O–H groups in total. The molecule has 0 aromatic heterocycles. The van der Waals surface area contributed by atoms with E-state index in [-0.39, 0.29) is 17.9 Å². The Hall–Kier alpha value is -4.42. The predicted octanol–water partition coefficient (Wildman–Crippen LogP) is 5.64. The lowest BCUT2D eigenvalue weighted by Crippen LogP contribution is -2.50. The standard InChI is InChI=1S/C33H33N3O3/c1-25(39-28-17-9-4-10-18-28)32(37)34-30-20-12-11-19-29(30)33(38)36-23-21-35(22-24-36)31(26-13-5-2-6-14-26)27-15-7-3-8-16-27/h2-20,25,31H,21-24H2,1H3,(H,34,37). The van der Waals surface area contributed by atoms with E-state index in [1.807, 2.05) is 47.4 Å². The van der Waals surface area contributed by atoms with Crippen LogP contribution in [0.1, 0.15) is 34.5 Å². The molecule has 2 amide bonds. The summed E-state index contributed by atoms with van der Waals surface area (Å²) in [6.45, 7) is 4.39. The Balaban J connectivity index is 1.26. The third-order valence-electron chi connectivity index (χ3n) is 7.04. The summed E-state index contributed by atoms with van der Waals surface area (Å²) >= 11 is 0. The van der Waals surface area contributed by atoms with Crippen LogP contribution in [0.3, 0.4) is 0 Å². The minimum absolute atomic E-state index is 0.0850. The van der Waals surface area contributed by atoms with Gasteiger partial charge in [-0.25, -0.2) is 0 Å². The summed E-state index contributed by atoms with van der Waals surface area (Å²) in [5, 5.41) is 2.90. The number of para-hydroxylation sites is 2. The van der Waals surface area contributed by atoms with Crippen LogP contribution in [0.2, 0.25) is 0 Å². The van der Waals surface area contributed by atoms with Crippen LogP contribution in [0.4, 0.5) is 5.69 Å². The molecule has 1 unspecified atom stereocenters. The first-order valence-electron chi connectivity index (χ1n) is 13.3. The lowest BCUT2D eigenvalue weighted by atomic mass is 9.96. The van der Waals surface area contributed by atoms with Crippen molar-refractivity contribution in [3.05, 3.63) is 132 Å². The molecular formula is C33H33N3O3.